The molecule has 84 valence electrons. The smallest absolute Gasteiger partial charge is 0.270 e. The fourth-order valence-electron chi connectivity index (χ4n) is 1.08. The van der Waals surface area contributed by atoms with E-state index in [0.717, 1.165) is 11.8 Å². The van der Waals surface area contributed by atoms with Gasteiger partial charge in [-0.2, -0.15) is 0 Å². The van der Waals surface area contributed by atoms with Crippen LogP contribution in [0.15, 0.2) is 10.9 Å². The van der Waals surface area contributed by atoms with Gasteiger partial charge in [0.05, 0.1) is 5.51 Å². The molecule has 0 saturated heterocycles. The molecule has 0 aliphatic carbocycles. The second-order valence-electron chi connectivity index (χ2n) is 4.16. The Morgan fingerprint density at radius 2 is 2.40 bits per heavy atom. The molecule has 0 bridgehead atoms. The van der Waals surface area contributed by atoms with Crippen LogP contribution < -0.4 is 5.32 Å². The summed E-state index contributed by atoms with van der Waals surface area (Å²) in [7, 11) is 0. The molecule has 1 aromatic rings. The van der Waals surface area contributed by atoms with Crippen molar-refractivity contribution in [3.05, 3.63) is 16.6 Å². The highest BCUT2D eigenvalue weighted by atomic mass is 79.9. The first kappa shape index (κ1) is 12.6. The summed E-state index contributed by atoms with van der Waals surface area (Å²) in [5.74, 6) is -0.0844. The van der Waals surface area contributed by atoms with Gasteiger partial charge in [-0.3, -0.25) is 4.79 Å². The molecule has 3 nitrogen and oxygen atoms in total. The van der Waals surface area contributed by atoms with E-state index in [1.54, 1.807) is 10.9 Å². The van der Waals surface area contributed by atoms with E-state index in [2.05, 4.69) is 40.1 Å². The monoisotopic (exact) mass is 290 g/mol. The van der Waals surface area contributed by atoms with Gasteiger partial charge in [0.25, 0.3) is 5.91 Å². The van der Waals surface area contributed by atoms with Gasteiger partial charge in [0.2, 0.25) is 0 Å². The van der Waals surface area contributed by atoms with Crippen LogP contribution >= 0.6 is 27.3 Å². The topological polar surface area (TPSA) is 42.0 Å². The number of carbonyl (C=O) groups excluding carboxylic acids is 1. The van der Waals surface area contributed by atoms with E-state index < -0.39 is 0 Å². The number of rotatable bonds is 5. The fraction of sp³-hybridized carbons (Fsp3) is 0.600. The van der Waals surface area contributed by atoms with Crippen molar-refractivity contribution in [2.75, 3.05) is 11.9 Å². The van der Waals surface area contributed by atoms with Crippen molar-refractivity contribution in [1.82, 2.24) is 10.3 Å². The number of alkyl halides is 1. The van der Waals surface area contributed by atoms with Gasteiger partial charge in [-0.05, 0) is 11.8 Å². The summed E-state index contributed by atoms with van der Waals surface area (Å²) in [5, 5.41) is 5.60. The normalized spacial score (nSPS) is 11.4. The molecule has 0 fully saturated rings. The molecule has 1 heterocycles. The van der Waals surface area contributed by atoms with E-state index in [9.17, 15) is 4.79 Å². The molecule has 1 aromatic heterocycles. The summed E-state index contributed by atoms with van der Waals surface area (Å²) < 4.78 is 0. The highest BCUT2D eigenvalue weighted by Gasteiger charge is 2.18. The third kappa shape index (κ3) is 4.30. The third-order valence-electron chi connectivity index (χ3n) is 2.16. The van der Waals surface area contributed by atoms with Gasteiger partial charge in [-0.15, -0.1) is 11.3 Å². The van der Waals surface area contributed by atoms with Gasteiger partial charge in [-0.25, -0.2) is 4.98 Å². The molecule has 0 saturated carbocycles. The largest absolute Gasteiger partial charge is 0.350 e. The third-order valence-corrected chi connectivity index (χ3v) is 3.15. The molecule has 1 amide bonds. The van der Waals surface area contributed by atoms with Crippen LogP contribution in [0.3, 0.4) is 0 Å². The average Bonchev–Trinajstić information content (AvgIpc) is 2.67. The number of nitrogens with one attached hydrogen (secondary N) is 1. The zero-order chi connectivity index (χ0) is 11.3. The Morgan fingerprint density at radius 3 is 2.93 bits per heavy atom. The van der Waals surface area contributed by atoms with Crippen LogP contribution in [0.2, 0.25) is 0 Å². The minimum atomic E-state index is -0.0844. The first-order chi connectivity index (χ1) is 7.05. The van der Waals surface area contributed by atoms with Crippen LogP contribution in [0.4, 0.5) is 0 Å². The molecule has 15 heavy (non-hydrogen) atoms. The standard InChI is InChI=1S/C10H15BrN2OS/c1-10(2,3-4-11)6-12-9(14)8-5-15-7-13-8/h5,7H,3-4,6H2,1-2H3,(H,12,14). The Balaban J connectivity index is 2.40. The lowest BCUT2D eigenvalue weighted by atomic mass is 9.90. The number of carbonyl (C=O) groups is 1. The van der Waals surface area contributed by atoms with Crippen molar-refractivity contribution in [2.45, 2.75) is 20.3 Å². The molecular formula is C10H15BrN2OS. The van der Waals surface area contributed by atoms with Gasteiger partial charge >= 0.3 is 0 Å². The molecule has 0 spiro atoms. The summed E-state index contributed by atoms with van der Waals surface area (Å²) in [6, 6.07) is 0. The van der Waals surface area contributed by atoms with E-state index >= 15 is 0 Å². The number of thiazole rings is 1. The quantitative estimate of drug-likeness (QED) is 0.847. The second kappa shape index (κ2) is 5.61. The fourth-order valence-corrected chi connectivity index (χ4v) is 2.68. The molecule has 0 unspecified atom stereocenters. The molecule has 5 heteroatoms. The van der Waals surface area contributed by atoms with E-state index in [-0.39, 0.29) is 11.3 Å². The maximum atomic E-state index is 11.6. The van der Waals surface area contributed by atoms with Crippen LogP contribution in [-0.4, -0.2) is 22.8 Å². The number of halogens is 1. The van der Waals surface area contributed by atoms with Crippen molar-refractivity contribution in [3.8, 4) is 0 Å². The lowest BCUT2D eigenvalue weighted by Crippen LogP contribution is -2.34. The van der Waals surface area contributed by atoms with Crippen molar-refractivity contribution in [3.63, 3.8) is 0 Å². The highest BCUT2D eigenvalue weighted by molar-refractivity contribution is 9.09. The lowest BCUT2D eigenvalue weighted by Gasteiger charge is -2.23. The summed E-state index contributed by atoms with van der Waals surface area (Å²) in [6.45, 7) is 4.94. The van der Waals surface area contributed by atoms with Crippen molar-refractivity contribution < 1.29 is 4.79 Å². The average molecular weight is 291 g/mol. The number of amides is 1. The maximum Gasteiger partial charge on any atom is 0.270 e. The van der Waals surface area contributed by atoms with Crippen LogP contribution in [-0.2, 0) is 0 Å². The first-order valence-electron chi connectivity index (χ1n) is 4.77. The van der Waals surface area contributed by atoms with Crippen molar-refractivity contribution in [1.29, 1.82) is 0 Å². The molecule has 1 rings (SSSR count). The van der Waals surface area contributed by atoms with Gasteiger partial charge in [0.1, 0.15) is 5.69 Å². The van der Waals surface area contributed by atoms with E-state index in [4.69, 9.17) is 0 Å². The Labute approximate surface area is 102 Å². The van der Waals surface area contributed by atoms with Crippen molar-refractivity contribution >= 4 is 33.2 Å². The summed E-state index contributed by atoms with van der Waals surface area (Å²) in [5.41, 5.74) is 2.29. The Kier molecular flexibility index (Phi) is 4.73. The van der Waals surface area contributed by atoms with E-state index in [0.29, 0.717) is 12.2 Å². The zero-order valence-corrected chi connectivity index (χ0v) is 11.3. The second-order valence-corrected chi connectivity index (χ2v) is 5.67. The number of hydrogen-bond acceptors (Lipinski definition) is 3. The van der Waals surface area contributed by atoms with Gasteiger partial charge < -0.3 is 5.32 Å². The Morgan fingerprint density at radius 1 is 1.67 bits per heavy atom. The van der Waals surface area contributed by atoms with Crippen LogP contribution in [0, 0.1) is 5.41 Å². The Bertz CT molecular complexity index is 311. The minimum Gasteiger partial charge on any atom is -0.350 e. The lowest BCUT2D eigenvalue weighted by molar-refractivity contribution is 0.0931. The Hall–Kier alpha value is -0.420. The minimum absolute atomic E-state index is 0.0844. The first-order valence-corrected chi connectivity index (χ1v) is 6.84. The molecule has 0 radical (unpaired) electrons. The predicted octanol–water partition coefficient (Wildman–Crippen LogP) is 2.68. The summed E-state index contributed by atoms with van der Waals surface area (Å²) in [6.07, 6.45) is 1.03. The summed E-state index contributed by atoms with van der Waals surface area (Å²) >= 11 is 4.84. The van der Waals surface area contributed by atoms with Crippen LogP contribution in [0.5, 0.6) is 0 Å². The van der Waals surface area contributed by atoms with Gasteiger partial charge in [0.15, 0.2) is 0 Å². The number of aromatic nitrogens is 1. The van der Waals surface area contributed by atoms with Gasteiger partial charge in [-0.1, -0.05) is 29.8 Å². The number of nitrogens with zero attached hydrogens (tertiary/aromatic N) is 1. The van der Waals surface area contributed by atoms with E-state index in [1.807, 2.05) is 0 Å². The highest BCUT2D eigenvalue weighted by Crippen LogP contribution is 2.20. The van der Waals surface area contributed by atoms with Crippen molar-refractivity contribution in [2.24, 2.45) is 5.41 Å². The molecule has 0 aliphatic rings. The molecule has 0 aromatic carbocycles. The van der Waals surface area contributed by atoms with Crippen LogP contribution in [0.1, 0.15) is 30.8 Å². The zero-order valence-electron chi connectivity index (χ0n) is 8.92. The number of hydrogen-bond donors (Lipinski definition) is 1. The summed E-state index contributed by atoms with van der Waals surface area (Å²) in [4.78, 5) is 15.5. The maximum absolute atomic E-state index is 11.6. The molecule has 0 atom stereocenters. The predicted molar refractivity (Wildman–Crippen MR) is 66.6 cm³/mol. The van der Waals surface area contributed by atoms with E-state index in [1.165, 1.54) is 11.3 Å². The molecule has 0 aliphatic heterocycles. The molecular weight excluding hydrogens is 276 g/mol. The molecule has 1 N–H and O–H groups in total. The van der Waals surface area contributed by atoms with Gasteiger partial charge in [0, 0.05) is 17.3 Å². The SMILES string of the molecule is CC(C)(CCBr)CNC(=O)c1cscn1. The van der Waals surface area contributed by atoms with Crippen LogP contribution in [0.25, 0.3) is 0 Å².